The highest BCUT2D eigenvalue weighted by atomic mass is 32.2. The zero-order chi connectivity index (χ0) is 31.5. The third-order valence-corrected chi connectivity index (χ3v) is 9.16. The number of hydrogen-bond donors (Lipinski definition) is 3. The number of nitrogens with one attached hydrogen (secondary N) is 2. The van der Waals surface area contributed by atoms with Crippen LogP contribution in [0.1, 0.15) is 53.9 Å². The Morgan fingerprint density at radius 1 is 1.05 bits per heavy atom. The van der Waals surface area contributed by atoms with Gasteiger partial charge in [-0.15, -0.1) is 11.8 Å². The van der Waals surface area contributed by atoms with Gasteiger partial charge in [-0.3, -0.25) is 14.4 Å². The van der Waals surface area contributed by atoms with Crippen molar-refractivity contribution in [2.24, 2.45) is 7.05 Å². The van der Waals surface area contributed by atoms with Gasteiger partial charge in [0.1, 0.15) is 11.7 Å². The maximum Gasteiger partial charge on any atom is 0.416 e. The number of alkyl halides is 3. The van der Waals surface area contributed by atoms with Crippen molar-refractivity contribution in [1.82, 2.24) is 20.1 Å². The molecule has 1 unspecified atom stereocenters. The Labute approximate surface area is 252 Å². The Bertz CT molecular complexity index is 1460. The molecule has 1 saturated heterocycles. The maximum atomic E-state index is 13.9. The lowest BCUT2D eigenvalue weighted by Crippen LogP contribution is -2.59. The van der Waals surface area contributed by atoms with E-state index in [2.05, 4.69) is 10.6 Å². The van der Waals surface area contributed by atoms with E-state index < -0.39 is 64.9 Å². The van der Waals surface area contributed by atoms with E-state index in [0.29, 0.717) is 5.69 Å². The van der Waals surface area contributed by atoms with E-state index in [-0.39, 0.29) is 11.4 Å². The first-order valence-corrected chi connectivity index (χ1v) is 14.7. The lowest BCUT2D eigenvalue weighted by Gasteiger charge is -2.35. The average molecular weight is 617 g/mol. The summed E-state index contributed by atoms with van der Waals surface area (Å²) in [4.78, 5) is 41.8. The molecule has 12 heteroatoms. The molecular formula is C31H35F3N4O4S. The zero-order valence-electron chi connectivity index (χ0n) is 24.3. The predicted molar refractivity (Wildman–Crippen MR) is 158 cm³/mol. The van der Waals surface area contributed by atoms with Crippen LogP contribution < -0.4 is 10.6 Å². The van der Waals surface area contributed by atoms with Crippen LogP contribution in [0.3, 0.4) is 0 Å². The van der Waals surface area contributed by atoms with Crippen molar-refractivity contribution in [2.75, 3.05) is 5.88 Å². The van der Waals surface area contributed by atoms with Crippen molar-refractivity contribution < 1.29 is 32.7 Å². The number of hydrogen-bond acceptors (Lipinski definition) is 5. The van der Waals surface area contributed by atoms with Crippen molar-refractivity contribution in [3.63, 3.8) is 0 Å². The van der Waals surface area contributed by atoms with Crippen LogP contribution in [-0.4, -0.2) is 61.1 Å². The molecule has 0 spiro atoms. The Balaban J connectivity index is 1.58. The Hall–Kier alpha value is -3.77. The minimum atomic E-state index is -4.59. The summed E-state index contributed by atoms with van der Waals surface area (Å²) in [6.45, 7) is 4.91. The van der Waals surface area contributed by atoms with Crippen LogP contribution in [-0.2, 0) is 29.4 Å². The highest BCUT2D eigenvalue weighted by Gasteiger charge is 2.50. The summed E-state index contributed by atoms with van der Waals surface area (Å²) in [6.07, 6.45) is -4.62. The molecule has 1 fully saturated rings. The molecule has 0 bridgehead atoms. The van der Waals surface area contributed by atoms with Gasteiger partial charge in [0.15, 0.2) is 6.10 Å². The summed E-state index contributed by atoms with van der Waals surface area (Å²) in [6, 6.07) is 15.2. The van der Waals surface area contributed by atoms with E-state index in [1.165, 1.54) is 34.9 Å². The fourth-order valence-corrected chi connectivity index (χ4v) is 6.47. The SMILES string of the molecule is C[C@@H](c1ccccc1)C(NC(=O)c1cccn1C)[C@H](O)C(=O)N1CSC(C)(C)[C@H]1C(=O)NCc1ccccc1C(F)(F)F. The Morgan fingerprint density at radius 2 is 1.70 bits per heavy atom. The van der Waals surface area contributed by atoms with E-state index in [1.54, 1.807) is 50.7 Å². The van der Waals surface area contributed by atoms with E-state index in [4.69, 9.17) is 0 Å². The van der Waals surface area contributed by atoms with Gasteiger partial charge in [0, 0.05) is 30.5 Å². The number of aliphatic hydroxyl groups is 1. The highest BCUT2D eigenvalue weighted by molar-refractivity contribution is 8.00. The molecule has 0 radical (unpaired) electrons. The average Bonchev–Trinajstić information content (AvgIpc) is 3.55. The van der Waals surface area contributed by atoms with Crippen molar-refractivity contribution >= 4 is 29.5 Å². The van der Waals surface area contributed by atoms with Crippen LogP contribution in [0, 0.1) is 0 Å². The predicted octanol–water partition coefficient (Wildman–Crippen LogP) is 4.30. The summed E-state index contributed by atoms with van der Waals surface area (Å²) < 4.78 is 41.3. The second-order valence-corrected chi connectivity index (χ2v) is 12.7. The number of aliphatic hydroxyl groups excluding tert-OH is 1. The van der Waals surface area contributed by atoms with Gasteiger partial charge in [-0.05, 0) is 43.2 Å². The highest BCUT2D eigenvalue weighted by Crippen LogP contribution is 2.40. The first-order chi connectivity index (χ1) is 20.2. The number of aryl methyl sites for hydroxylation is 1. The molecule has 1 aromatic heterocycles. The number of nitrogens with zero attached hydrogens (tertiary/aromatic N) is 2. The number of carbonyl (C=O) groups excluding carboxylic acids is 3. The standard InChI is InChI=1S/C31H35F3N4O4S/c1-19(20-11-6-5-7-12-20)24(36-27(40)23-15-10-16-37(23)4)25(39)29(42)38-18-43-30(2,3)26(38)28(41)35-17-21-13-8-9-14-22(21)31(32,33)34/h5-16,19,24-26,39H,17-18H2,1-4H3,(H,35,41)(H,36,40)/t19-,24?,25-,26+/m0/s1. The molecule has 4 atom stereocenters. The van der Waals surface area contributed by atoms with Crippen molar-refractivity contribution in [3.05, 3.63) is 95.3 Å². The molecule has 1 aliphatic heterocycles. The van der Waals surface area contributed by atoms with Crippen LogP contribution in [0.4, 0.5) is 13.2 Å². The third-order valence-electron chi connectivity index (χ3n) is 7.78. The van der Waals surface area contributed by atoms with E-state index in [1.807, 2.05) is 30.3 Å². The molecule has 230 valence electrons. The Morgan fingerprint density at radius 3 is 2.33 bits per heavy atom. The lowest BCUT2D eigenvalue weighted by molar-refractivity contribution is -0.147. The molecule has 3 amide bonds. The van der Waals surface area contributed by atoms with Crippen LogP contribution in [0.2, 0.25) is 0 Å². The molecule has 43 heavy (non-hydrogen) atoms. The second-order valence-electron chi connectivity index (χ2n) is 11.1. The topological polar surface area (TPSA) is 104 Å². The molecule has 0 saturated carbocycles. The normalized spacial score (nSPS) is 18.5. The van der Waals surface area contributed by atoms with E-state index >= 15 is 0 Å². The first kappa shape index (κ1) is 32.2. The van der Waals surface area contributed by atoms with E-state index in [9.17, 15) is 32.7 Å². The largest absolute Gasteiger partial charge is 0.416 e. The number of halogens is 3. The van der Waals surface area contributed by atoms with Crippen LogP contribution in [0.5, 0.6) is 0 Å². The van der Waals surface area contributed by atoms with Gasteiger partial charge < -0.3 is 25.2 Å². The quantitative estimate of drug-likeness (QED) is 0.333. The molecule has 0 aliphatic carbocycles. The van der Waals surface area contributed by atoms with Gasteiger partial charge in [-0.2, -0.15) is 13.2 Å². The molecule has 1 aliphatic rings. The fraction of sp³-hybridized carbons (Fsp3) is 0.387. The Kier molecular flexibility index (Phi) is 9.60. The van der Waals surface area contributed by atoms with Gasteiger partial charge in [-0.1, -0.05) is 55.5 Å². The number of amides is 3. The molecule has 8 nitrogen and oxygen atoms in total. The monoisotopic (exact) mass is 616 g/mol. The van der Waals surface area contributed by atoms with Gasteiger partial charge in [-0.25, -0.2) is 0 Å². The number of thioether (sulfide) groups is 1. The van der Waals surface area contributed by atoms with Crippen molar-refractivity contribution in [3.8, 4) is 0 Å². The number of aromatic nitrogens is 1. The number of rotatable bonds is 9. The second kappa shape index (κ2) is 12.8. The molecule has 2 aromatic carbocycles. The summed E-state index contributed by atoms with van der Waals surface area (Å²) in [7, 11) is 1.70. The zero-order valence-corrected chi connectivity index (χ0v) is 25.1. The van der Waals surface area contributed by atoms with Crippen LogP contribution in [0.15, 0.2) is 72.9 Å². The molecule has 4 rings (SSSR count). The van der Waals surface area contributed by atoms with Gasteiger partial charge in [0.2, 0.25) is 5.91 Å². The lowest BCUT2D eigenvalue weighted by atomic mass is 9.88. The molecule has 3 N–H and O–H groups in total. The fourth-order valence-electron chi connectivity index (χ4n) is 5.33. The van der Waals surface area contributed by atoms with Crippen LogP contribution in [0.25, 0.3) is 0 Å². The van der Waals surface area contributed by atoms with Crippen molar-refractivity contribution in [1.29, 1.82) is 0 Å². The smallest absolute Gasteiger partial charge is 0.381 e. The van der Waals surface area contributed by atoms with Crippen LogP contribution >= 0.6 is 11.8 Å². The van der Waals surface area contributed by atoms with Crippen molar-refractivity contribution in [2.45, 2.75) is 62.3 Å². The molecule has 3 aromatic rings. The summed E-state index contributed by atoms with van der Waals surface area (Å²) >= 11 is 1.31. The van der Waals surface area contributed by atoms with Gasteiger partial charge in [0.25, 0.3) is 11.8 Å². The summed E-state index contributed by atoms with van der Waals surface area (Å²) in [5.74, 6) is -2.33. The molecule has 2 heterocycles. The number of carbonyl (C=O) groups is 3. The van der Waals surface area contributed by atoms with E-state index in [0.717, 1.165) is 11.6 Å². The minimum absolute atomic E-state index is 0.0678. The summed E-state index contributed by atoms with van der Waals surface area (Å²) in [5.41, 5.74) is 0.148. The molecular weight excluding hydrogens is 581 g/mol. The van der Waals surface area contributed by atoms with Gasteiger partial charge in [0.05, 0.1) is 17.5 Å². The first-order valence-electron chi connectivity index (χ1n) is 13.7. The number of benzene rings is 2. The summed E-state index contributed by atoms with van der Waals surface area (Å²) in [5, 5.41) is 16.9. The van der Waals surface area contributed by atoms with Gasteiger partial charge >= 0.3 is 6.18 Å². The minimum Gasteiger partial charge on any atom is -0.381 e. The third kappa shape index (κ3) is 7.07. The maximum absolute atomic E-state index is 13.9.